The average molecular weight is 429 g/mol. The van der Waals surface area contributed by atoms with Crippen LogP contribution < -0.4 is 15.5 Å². The van der Waals surface area contributed by atoms with Crippen LogP contribution in [0.2, 0.25) is 0 Å². The molecule has 1 atom stereocenters. The highest BCUT2D eigenvalue weighted by Crippen LogP contribution is 2.31. The van der Waals surface area contributed by atoms with Crippen molar-refractivity contribution in [3.8, 4) is 0 Å². The fourth-order valence-electron chi connectivity index (χ4n) is 5.13. The minimum Gasteiger partial charge on any atom is -0.379 e. The number of hydrogen-bond acceptors (Lipinski definition) is 5. The fraction of sp³-hybridized carbons (Fsp3) is 0.667. The summed E-state index contributed by atoms with van der Waals surface area (Å²) in [7, 11) is 2.14. The van der Waals surface area contributed by atoms with E-state index in [-0.39, 0.29) is 12.1 Å². The van der Waals surface area contributed by atoms with Gasteiger partial charge in [-0.25, -0.2) is 0 Å². The maximum Gasteiger partial charge on any atom is 0.309 e. The van der Waals surface area contributed by atoms with Gasteiger partial charge in [-0.3, -0.25) is 14.5 Å². The van der Waals surface area contributed by atoms with E-state index in [1.165, 1.54) is 23.2 Å². The van der Waals surface area contributed by atoms with E-state index >= 15 is 0 Å². The van der Waals surface area contributed by atoms with Crippen LogP contribution in [0.4, 0.5) is 5.69 Å². The van der Waals surface area contributed by atoms with Gasteiger partial charge in [-0.2, -0.15) is 0 Å². The van der Waals surface area contributed by atoms with Gasteiger partial charge in [0, 0.05) is 45.0 Å². The van der Waals surface area contributed by atoms with E-state index < -0.39 is 11.8 Å². The number of fused-ring (bicyclic) bond motifs is 1. The molecule has 0 unspecified atom stereocenters. The molecule has 1 saturated heterocycles. The van der Waals surface area contributed by atoms with Gasteiger partial charge < -0.3 is 20.3 Å². The van der Waals surface area contributed by atoms with Gasteiger partial charge in [0.05, 0.1) is 19.3 Å². The highest BCUT2D eigenvalue weighted by atomic mass is 16.5. The van der Waals surface area contributed by atoms with Crippen molar-refractivity contribution in [2.75, 3.05) is 51.3 Å². The number of aryl methyl sites for hydroxylation is 1. The summed E-state index contributed by atoms with van der Waals surface area (Å²) in [5.74, 6) is -1.03. The predicted octanol–water partition coefficient (Wildman–Crippen LogP) is 2.01. The predicted molar refractivity (Wildman–Crippen MR) is 121 cm³/mol. The molecule has 170 valence electrons. The number of hydrogen-bond donors (Lipinski definition) is 2. The molecule has 7 nitrogen and oxygen atoms in total. The second-order valence-corrected chi connectivity index (χ2v) is 9.10. The van der Waals surface area contributed by atoms with Crippen LogP contribution in [0, 0.1) is 0 Å². The first kappa shape index (κ1) is 22.1. The minimum absolute atomic E-state index is 0.0351. The van der Waals surface area contributed by atoms with Gasteiger partial charge in [-0.15, -0.1) is 0 Å². The highest BCUT2D eigenvalue weighted by Gasteiger charge is 2.27. The summed E-state index contributed by atoms with van der Waals surface area (Å²) in [6, 6.07) is 6.84. The zero-order valence-electron chi connectivity index (χ0n) is 18.7. The third-order valence-corrected chi connectivity index (χ3v) is 6.93. The highest BCUT2D eigenvalue weighted by molar-refractivity contribution is 6.35. The molecule has 31 heavy (non-hydrogen) atoms. The number of carbonyl (C=O) groups excluding carboxylic acids is 2. The van der Waals surface area contributed by atoms with E-state index in [2.05, 4.69) is 45.7 Å². The maximum absolute atomic E-state index is 12.5. The number of carbonyl (C=O) groups is 2. The summed E-state index contributed by atoms with van der Waals surface area (Å²) in [4.78, 5) is 29.6. The van der Waals surface area contributed by atoms with Crippen molar-refractivity contribution >= 4 is 17.5 Å². The molecule has 2 aliphatic heterocycles. The first-order valence-corrected chi connectivity index (χ1v) is 11.9. The lowest BCUT2D eigenvalue weighted by atomic mass is 9.95. The van der Waals surface area contributed by atoms with Gasteiger partial charge in [-0.05, 0) is 42.9 Å². The summed E-state index contributed by atoms with van der Waals surface area (Å²) in [5.41, 5.74) is 3.86. The molecule has 3 aliphatic rings. The first-order chi connectivity index (χ1) is 15.1. The molecule has 1 aromatic rings. The third-order valence-electron chi connectivity index (χ3n) is 6.93. The van der Waals surface area contributed by atoms with Gasteiger partial charge >= 0.3 is 11.8 Å². The lowest BCUT2D eigenvalue weighted by Gasteiger charge is -2.36. The van der Waals surface area contributed by atoms with Crippen molar-refractivity contribution in [2.24, 2.45) is 0 Å². The number of benzene rings is 1. The van der Waals surface area contributed by atoms with Crippen molar-refractivity contribution in [1.82, 2.24) is 15.5 Å². The van der Waals surface area contributed by atoms with Crippen molar-refractivity contribution in [2.45, 2.75) is 57.0 Å². The number of rotatable bonds is 5. The topological polar surface area (TPSA) is 73.9 Å². The largest absolute Gasteiger partial charge is 0.379 e. The Morgan fingerprint density at radius 3 is 2.61 bits per heavy atom. The molecular weight excluding hydrogens is 392 g/mol. The maximum atomic E-state index is 12.5. The van der Waals surface area contributed by atoms with Gasteiger partial charge in [-0.1, -0.05) is 31.4 Å². The van der Waals surface area contributed by atoms with Crippen LogP contribution in [-0.4, -0.2) is 69.2 Å². The van der Waals surface area contributed by atoms with E-state index in [9.17, 15) is 9.59 Å². The molecule has 2 amide bonds. The molecule has 0 bridgehead atoms. The summed E-state index contributed by atoms with van der Waals surface area (Å²) in [6.07, 6.45) is 7.65. The van der Waals surface area contributed by atoms with Crippen LogP contribution >= 0.6 is 0 Å². The molecule has 2 N–H and O–H groups in total. The fourth-order valence-corrected chi connectivity index (χ4v) is 5.13. The van der Waals surface area contributed by atoms with Gasteiger partial charge in [0.2, 0.25) is 0 Å². The smallest absolute Gasteiger partial charge is 0.309 e. The second kappa shape index (κ2) is 10.5. The van der Waals surface area contributed by atoms with Crippen LogP contribution in [0.15, 0.2) is 18.2 Å². The van der Waals surface area contributed by atoms with Gasteiger partial charge in [0.15, 0.2) is 0 Å². The monoisotopic (exact) mass is 428 g/mol. The van der Waals surface area contributed by atoms with E-state index in [4.69, 9.17) is 4.74 Å². The van der Waals surface area contributed by atoms with Crippen molar-refractivity contribution in [1.29, 1.82) is 0 Å². The van der Waals surface area contributed by atoms with Crippen molar-refractivity contribution in [3.63, 3.8) is 0 Å². The average Bonchev–Trinajstić information content (AvgIpc) is 2.80. The molecule has 0 aromatic heterocycles. The molecule has 7 heteroatoms. The van der Waals surface area contributed by atoms with Crippen molar-refractivity contribution in [3.05, 3.63) is 29.3 Å². The Labute approximate surface area is 185 Å². The normalized spacial score (nSPS) is 21.3. The molecule has 1 saturated carbocycles. The molecule has 0 spiro atoms. The van der Waals surface area contributed by atoms with Crippen LogP contribution in [0.3, 0.4) is 0 Å². The zero-order chi connectivity index (χ0) is 21.6. The quantitative estimate of drug-likeness (QED) is 0.702. The van der Waals surface area contributed by atoms with E-state index in [1.807, 2.05) is 0 Å². The zero-order valence-corrected chi connectivity index (χ0v) is 18.7. The molecular formula is C24H36N4O3. The number of ether oxygens (including phenoxy) is 1. The Hall–Kier alpha value is -2.12. The van der Waals surface area contributed by atoms with Crippen LogP contribution in [0.25, 0.3) is 0 Å². The first-order valence-electron chi connectivity index (χ1n) is 11.9. The number of nitrogens with zero attached hydrogens (tertiary/aromatic N) is 2. The number of nitrogens with one attached hydrogen (secondary N) is 2. The van der Waals surface area contributed by atoms with Gasteiger partial charge in [0.25, 0.3) is 0 Å². The van der Waals surface area contributed by atoms with Crippen LogP contribution in [0.1, 0.15) is 55.7 Å². The SMILES string of the molecule is CN1CCCc2cc([C@@H](CNC(=O)C(=O)NC3CCCCC3)N3CCOCC3)ccc21. The van der Waals surface area contributed by atoms with Gasteiger partial charge in [0.1, 0.15) is 0 Å². The Kier molecular flexibility index (Phi) is 7.45. The lowest BCUT2D eigenvalue weighted by molar-refractivity contribution is -0.140. The Morgan fingerprint density at radius 1 is 1.06 bits per heavy atom. The lowest BCUT2D eigenvalue weighted by Crippen LogP contribution is -2.48. The molecule has 2 fully saturated rings. The van der Waals surface area contributed by atoms with Crippen LogP contribution in [-0.2, 0) is 20.7 Å². The van der Waals surface area contributed by atoms with E-state index in [0.29, 0.717) is 19.8 Å². The summed E-state index contributed by atoms with van der Waals surface area (Å²) in [5, 5.41) is 5.83. The Bertz CT molecular complexity index is 772. The standard InChI is InChI=1S/C24H36N4O3/c1-27-11-5-6-18-16-19(9-10-21(18)27)22(28-12-14-31-15-13-28)17-25-23(29)24(30)26-20-7-3-2-4-8-20/h9-10,16,20,22H,2-8,11-15,17H2,1H3,(H,25,29)(H,26,30)/t22-/m1/s1. The summed E-state index contributed by atoms with van der Waals surface area (Å²) >= 11 is 0. The third kappa shape index (κ3) is 5.57. The number of amides is 2. The van der Waals surface area contributed by atoms with Crippen LogP contribution in [0.5, 0.6) is 0 Å². The van der Waals surface area contributed by atoms with Crippen molar-refractivity contribution < 1.29 is 14.3 Å². The molecule has 4 rings (SSSR count). The molecule has 0 radical (unpaired) electrons. The second-order valence-electron chi connectivity index (χ2n) is 9.10. The van der Waals surface area contributed by atoms with E-state index in [1.54, 1.807) is 0 Å². The van der Waals surface area contributed by atoms with E-state index in [0.717, 1.165) is 58.2 Å². The molecule has 1 aromatic carbocycles. The molecule has 1 aliphatic carbocycles. The number of anilines is 1. The minimum atomic E-state index is -0.526. The Balaban J connectivity index is 1.43. The summed E-state index contributed by atoms with van der Waals surface area (Å²) in [6.45, 7) is 4.55. The number of morpholine rings is 1. The molecule has 2 heterocycles. The Morgan fingerprint density at radius 2 is 1.84 bits per heavy atom. The summed E-state index contributed by atoms with van der Waals surface area (Å²) < 4.78 is 5.54.